The molecule has 0 heterocycles. The van der Waals surface area contributed by atoms with Crippen LogP contribution in [0, 0.1) is 17.0 Å². The molecule has 0 bridgehead atoms. The van der Waals surface area contributed by atoms with Crippen molar-refractivity contribution >= 4 is 40.6 Å². The highest BCUT2D eigenvalue weighted by Crippen LogP contribution is 2.28. The van der Waals surface area contributed by atoms with Crippen LogP contribution in [0.25, 0.3) is 0 Å². The SMILES string of the molecule is CCOC(=O)c1ccc(NC(=S)NNC(=O)[C@@H](C)Oc2ccc(C)cc2[N+](=O)[O-])cc1. The number of aryl methyl sites for hydroxylation is 1. The number of nitrogens with one attached hydrogen (secondary N) is 3. The van der Waals surface area contributed by atoms with E-state index >= 15 is 0 Å². The molecular weight excluding hydrogens is 424 g/mol. The molecule has 0 spiro atoms. The lowest BCUT2D eigenvalue weighted by Crippen LogP contribution is -2.48. The Kier molecular flexibility index (Phi) is 8.26. The summed E-state index contributed by atoms with van der Waals surface area (Å²) in [5.41, 5.74) is 6.34. The van der Waals surface area contributed by atoms with E-state index in [1.54, 1.807) is 44.2 Å². The number of rotatable bonds is 7. The third kappa shape index (κ3) is 6.93. The van der Waals surface area contributed by atoms with Gasteiger partial charge in [-0.25, -0.2) is 4.79 Å². The maximum atomic E-state index is 12.2. The Morgan fingerprint density at radius 2 is 1.84 bits per heavy atom. The van der Waals surface area contributed by atoms with Gasteiger partial charge in [-0.3, -0.25) is 25.8 Å². The number of hydrogen-bond acceptors (Lipinski definition) is 7. The smallest absolute Gasteiger partial charge is 0.338 e. The molecular formula is C20H22N4O6S. The van der Waals surface area contributed by atoms with Gasteiger partial charge in [0.1, 0.15) is 0 Å². The first-order valence-electron chi connectivity index (χ1n) is 9.27. The molecule has 0 aliphatic heterocycles. The Labute approximate surface area is 184 Å². The molecule has 0 aliphatic rings. The van der Waals surface area contributed by atoms with Gasteiger partial charge < -0.3 is 14.8 Å². The zero-order chi connectivity index (χ0) is 23.0. The number of nitro groups is 1. The van der Waals surface area contributed by atoms with E-state index in [9.17, 15) is 19.7 Å². The minimum atomic E-state index is -1.03. The molecule has 3 N–H and O–H groups in total. The summed E-state index contributed by atoms with van der Waals surface area (Å²) in [7, 11) is 0. The van der Waals surface area contributed by atoms with Crippen molar-refractivity contribution in [1.29, 1.82) is 0 Å². The topological polar surface area (TPSA) is 132 Å². The molecule has 0 aliphatic carbocycles. The van der Waals surface area contributed by atoms with Gasteiger partial charge in [0.2, 0.25) is 0 Å². The largest absolute Gasteiger partial charge is 0.474 e. The van der Waals surface area contributed by atoms with Crippen LogP contribution in [-0.4, -0.2) is 34.6 Å². The summed E-state index contributed by atoms with van der Waals surface area (Å²) in [5, 5.41) is 14.1. The van der Waals surface area contributed by atoms with E-state index in [0.717, 1.165) is 0 Å². The van der Waals surface area contributed by atoms with Crippen LogP contribution < -0.4 is 20.9 Å². The first kappa shape index (κ1) is 23.5. The van der Waals surface area contributed by atoms with Gasteiger partial charge in [-0.1, -0.05) is 6.07 Å². The third-order valence-corrected chi connectivity index (χ3v) is 4.14. The zero-order valence-corrected chi connectivity index (χ0v) is 17.9. The molecule has 0 saturated carbocycles. The van der Waals surface area contributed by atoms with E-state index in [2.05, 4.69) is 16.2 Å². The van der Waals surface area contributed by atoms with Gasteiger partial charge in [-0.05, 0) is 68.9 Å². The Hall–Kier alpha value is -3.73. The monoisotopic (exact) mass is 446 g/mol. The molecule has 11 heteroatoms. The fourth-order valence-electron chi connectivity index (χ4n) is 2.40. The van der Waals surface area contributed by atoms with Crippen molar-refractivity contribution in [1.82, 2.24) is 10.9 Å². The minimum absolute atomic E-state index is 0.0133. The number of carbonyl (C=O) groups excluding carboxylic acids is 2. The number of hydrazine groups is 1. The highest BCUT2D eigenvalue weighted by Gasteiger charge is 2.21. The molecule has 0 radical (unpaired) electrons. The van der Waals surface area contributed by atoms with E-state index in [1.807, 2.05) is 0 Å². The summed E-state index contributed by atoms with van der Waals surface area (Å²) < 4.78 is 10.3. The second-order valence-electron chi connectivity index (χ2n) is 6.35. The maximum absolute atomic E-state index is 12.2. The van der Waals surface area contributed by atoms with Crippen LogP contribution in [0.4, 0.5) is 11.4 Å². The van der Waals surface area contributed by atoms with Gasteiger partial charge in [0, 0.05) is 11.8 Å². The molecule has 0 fully saturated rings. The predicted octanol–water partition coefficient (Wildman–Crippen LogP) is 2.87. The van der Waals surface area contributed by atoms with Crippen molar-refractivity contribution < 1.29 is 24.0 Å². The lowest BCUT2D eigenvalue weighted by atomic mass is 10.2. The summed E-state index contributed by atoms with van der Waals surface area (Å²) in [6.45, 7) is 5.17. The van der Waals surface area contributed by atoms with Crippen LogP contribution in [0.2, 0.25) is 0 Å². The summed E-state index contributed by atoms with van der Waals surface area (Å²) in [6.07, 6.45) is -1.03. The van der Waals surface area contributed by atoms with Gasteiger partial charge in [0.25, 0.3) is 5.91 Å². The third-order valence-electron chi connectivity index (χ3n) is 3.94. The van der Waals surface area contributed by atoms with Gasteiger partial charge in [0.05, 0.1) is 17.1 Å². The summed E-state index contributed by atoms with van der Waals surface area (Å²) >= 11 is 5.11. The number of ether oxygens (including phenoxy) is 2. The molecule has 2 aromatic rings. The van der Waals surface area contributed by atoms with Crippen molar-refractivity contribution in [2.75, 3.05) is 11.9 Å². The fourth-order valence-corrected chi connectivity index (χ4v) is 2.57. The fraction of sp³-hybridized carbons (Fsp3) is 0.250. The average molecular weight is 446 g/mol. The quantitative estimate of drug-likeness (QED) is 0.254. The van der Waals surface area contributed by atoms with Crippen LogP contribution in [0.1, 0.15) is 29.8 Å². The first-order valence-corrected chi connectivity index (χ1v) is 9.67. The number of hydrogen-bond donors (Lipinski definition) is 3. The molecule has 164 valence electrons. The normalized spacial score (nSPS) is 11.1. The van der Waals surface area contributed by atoms with Crippen molar-refractivity contribution in [3.63, 3.8) is 0 Å². The standard InChI is InChI=1S/C20H22N4O6S/c1-4-29-19(26)14-6-8-15(9-7-14)21-20(31)23-22-18(25)13(3)30-17-10-5-12(2)11-16(17)24(27)28/h5-11,13H,4H2,1-3H3,(H,22,25)(H2,21,23,31)/t13-/m1/s1. The van der Waals surface area contributed by atoms with Gasteiger partial charge in [-0.2, -0.15) is 0 Å². The second-order valence-corrected chi connectivity index (χ2v) is 6.76. The molecule has 2 rings (SSSR count). The van der Waals surface area contributed by atoms with Crippen LogP contribution >= 0.6 is 12.2 Å². The molecule has 1 amide bonds. The van der Waals surface area contributed by atoms with E-state index in [-0.39, 0.29) is 23.2 Å². The van der Waals surface area contributed by atoms with Crippen LogP contribution in [0.5, 0.6) is 5.75 Å². The maximum Gasteiger partial charge on any atom is 0.338 e. The lowest BCUT2D eigenvalue weighted by Gasteiger charge is -2.16. The minimum Gasteiger partial charge on any atom is -0.474 e. The van der Waals surface area contributed by atoms with E-state index in [4.69, 9.17) is 21.7 Å². The number of thiocarbonyl (C=S) groups is 1. The zero-order valence-electron chi connectivity index (χ0n) is 17.1. The highest BCUT2D eigenvalue weighted by atomic mass is 32.1. The summed E-state index contributed by atoms with van der Waals surface area (Å²) in [5.74, 6) is -1.03. The second kappa shape index (κ2) is 10.9. The Balaban J connectivity index is 1.87. The number of esters is 1. The van der Waals surface area contributed by atoms with Gasteiger partial charge >= 0.3 is 11.7 Å². The van der Waals surface area contributed by atoms with E-state index in [1.165, 1.54) is 19.1 Å². The van der Waals surface area contributed by atoms with E-state index < -0.39 is 22.9 Å². The molecule has 2 aromatic carbocycles. The first-order chi connectivity index (χ1) is 14.7. The van der Waals surface area contributed by atoms with Crippen LogP contribution in [0.3, 0.4) is 0 Å². The molecule has 1 atom stereocenters. The molecule has 0 saturated heterocycles. The summed E-state index contributed by atoms with van der Waals surface area (Å²) in [6, 6.07) is 10.9. The molecule has 0 unspecified atom stereocenters. The van der Waals surface area contributed by atoms with Crippen molar-refractivity contribution in [3.05, 3.63) is 63.7 Å². The van der Waals surface area contributed by atoms with Crippen LogP contribution in [-0.2, 0) is 9.53 Å². The van der Waals surface area contributed by atoms with Crippen molar-refractivity contribution in [2.24, 2.45) is 0 Å². The van der Waals surface area contributed by atoms with Gasteiger partial charge in [0.15, 0.2) is 17.0 Å². The average Bonchev–Trinajstić information content (AvgIpc) is 2.73. The Bertz CT molecular complexity index is 980. The van der Waals surface area contributed by atoms with Crippen molar-refractivity contribution in [3.8, 4) is 5.75 Å². The molecule has 31 heavy (non-hydrogen) atoms. The molecule has 10 nitrogen and oxygen atoms in total. The van der Waals surface area contributed by atoms with E-state index in [0.29, 0.717) is 16.8 Å². The summed E-state index contributed by atoms with van der Waals surface area (Å²) in [4.78, 5) is 34.5. The number of anilines is 1. The molecule has 0 aromatic heterocycles. The Morgan fingerprint density at radius 3 is 2.45 bits per heavy atom. The highest BCUT2D eigenvalue weighted by molar-refractivity contribution is 7.80. The number of carbonyl (C=O) groups is 2. The lowest BCUT2D eigenvalue weighted by molar-refractivity contribution is -0.386. The van der Waals surface area contributed by atoms with Gasteiger partial charge in [-0.15, -0.1) is 0 Å². The predicted molar refractivity (Wildman–Crippen MR) is 118 cm³/mol. The Morgan fingerprint density at radius 1 is 1.16 bits per heavy atom. The number of nitrogens with zero attached hydrogens (tertiary/aromatic N) is 1. The number of amides is 1. The number of nitro benzene ring substituents is 1. The van der Waals surface area contributed by atoms with Crippen LogP contribution in [0.15, 0.2) is 42.5 Å². The number of benzene rings is 2. The van der Waals surface area contributed by atoms with Crippen molar-refractivity contribution in [2.45, 2.75) is 26.9 Å².